The third-order valence-corrected chi connectivity index (χ3v) is 4.29. The molecule has 154 valence electrons. The van der Waals surface area contributed by atoms with Crippen LogP contribution < -0.4 is 14.8 Å². The predicted molar refractivity (Wildman–Crippen MR) is 115 cm³/mol. The van der Waals surface area contributed by atoms with Crippen molar-refractivity contribution in [2.24, 2.45) is 0 Å². The number of likely N-dealkylation sites (N-methyl/N-ethyl adjacent to an activating group) is 1. The lowest BCUT2D eigenvalue weighted by atomic mass is 10.1. The number of hydrogen-bond donors (Lipinski definition) is 1. The molecule has 0 aliphatic heterocycles. The maximum atomic E-state index is 12.5. The predicted octanol–water partition coefficient (Wildman–Crippen LogP) is 3.88. The Hall–Kier alpha value is -3.80. The number of carbonyl (C=O) groups excluding carboxylic acids is 2. The molecule has 0 fully saturated rings. The Morgan fingerprint density at radius 3 is 2.30 bits per heavy atom. The van der Waals surface area contributed by atoms with Gasteiger partial charge < -0.3 is 19.7 Å². The number of amides is 2. The molecule has 3 rings (SSSR count). The second kappa shape index (κ2) is 10.1. The molecule has 0 radical (unpaired) electrons. The van der Waals surface area contributed by atoms with Gasteiger partial charge >= 0.3 is 0 Å². The number of rotatable bonds is 8. The first-order valence-electron chi connectivity index (χ1n) is 9.54. The van der Waals surface area contributed by atoms with Crippen LogP contribution >= 0.6 is 0 Å². The Balaban J connectivity index is 1.57. The first kappa shape index (κ1) is 20.9. The van der Waals surface area contributed by atoms with E-state index in [1.54, 1.807) is 38.4 Å². The fourth-order valence-electron chi connectivity index (χ4n) is 2.63. The number of benzene rings is 3. The van der Waals surface area contributed by atoms with Crippen LogP contribution in [0.4, 0.5) is 0 Å². The van der Waals surface area contributed by atoms with Gasteiger partial charge in [-0.05, 0) is 48.0 Å². The van der Waals surface area contributed by atoms with E-state index in [4.69, 9.17) is 9.47 Å². The Morgan fingerprint density at radius 1 is 0.833 bits per heavy atom. The average Bonchev–Trinajstić information content (AvgIpc) is 2.77. The summed E-state index contributed by atoms with van der Waals surface area (Å²) in [7, 11) is 3.32. The van der Waals surface area contributed by atoms with Crippen molar-refractivity contribution >= 4 is 11.8 Å². The summed E-state index contributed by atoms with van der Waals surface area (Å²) in [6.45, 7) is 0.279. The summed E-state index contributed by atoms with van der Waals surface area (Å²) < 4.78 is 11.3. The van der Waals surface area contributed by atoms with Gasteiger partial charge in [0.15, 0.2) is 6.61 Å². The second-order valence-electron chi connectivity index (χ2n) is 6.85. The molecule has 3 aromatic rings. The lowest BCUT2D eigenvalue weighted by Gasteiger charge is -2.12. The monoisotopic (exact) mass is 404 g/mol. The van der Waals surface area contributed by atoms with E-state index in [2.05, 4.69) is 5.32 Å². The molecule has 0 saturated carbocycles. The highest BCUT2D eigenvalue weighted by Crippen LogP contribution is 2.22. The smallest absolute Gasteiger partial charge is 0.259 e. The van der Waals surface area contributed by atoms with E-state index in [9.17, 15) is 9.59 Å². The zero-order valence-corrected chi connectivity index (χ0v) is 17.0. The van der Waals surface area contributed by atoms with Crippen molar-refractivity contribution in [1.29, 1.82) is 0 Å². The molecule has 0 aromatic heterocycles. The zero-order chi connectivity index (χ0) is 21.3. The molecule has 0 heterocycles. The van der Waals surface area contributed by atoms with Crippen molar-refractivity contribution in [3.05, 3.63) is 90.0 Å². The topological polar surface area (TPSA) is 67.9 Å². The highest BCUT2D eigenvalue weighted by molar-refractivity contribution is 5.94. The molecule has 0 atom stereocenters. The van der Waals surface area contributed by atoms with Gasteiger partial charge in [-0.2, -0.15) is 0 Å². The van der Waals surface area contributed by atoms with E-state index in [0.29, 0.717) is 23.6 Å². The summed E-state index contributed by atoms with van der Waals surface area (Å²) in [6.07, 6.45) is 0. The molecule has 0 unspecified atom stereocenters. The highest BCUT2D eigenvalue weighted by Gasteiger charge is 2.09. The summed E-state index contributed by atoms with van der Waals surface area (Å²) in [5, 5.41) is 2.89. The summed E-state index contributed by atoms with van der Waals surface area (Å²) in [5.41, 5.74) is 1.38. The molecule has 1 N–H and O–H groups in total. The maximum absolute atomic E-state index is 12.5. The van der Waals surface area contributed by atoms with Crippen LogP contribution in [0.2, 0.25) is 0 Å². The third kappa shape index (κ3) is 6.10. The van der Waals surface area contributed by atoms with Crippen molar-refractivity contribution in [3.8, 4) is 17.2 Å². The molecule has 6 heteroatoms. The number of nitrogens with one attached hydrogen (secondary N) is 1. The molecule has 30 heavy (non-hydrogen) atoms. The summed E-state index contributed by atoms with van der Waals surface area (Å²) >= 11 is 0. The van der Waals surface area contributed by atoms with Gasteiger partial charge in [-0.3, -0.25) is 9.59 Å². The molecule has 0 spiro atoms. The fourth-order valence-corrected chi connectivity index (χ4v) is 2.63. The van der Waals surface area contributed by atoms with Gasteiger partial charge in [0.1, 0.15) is 17.2 Å². The molecule has 0 aliphatic rings. The van der Waals surface area contributed by atoms with Crippen LogP contribution in [0, 0.1) is 0 Å². The number of nitrogens with zero attached hydrogens (tertiary/aromatic N) is 1. The van der Waals surface area contributed by atoms with Crippen LogP contribution in [0.3, 0.4) is 0 Å². The standard InChI is InChI=1S/C24H24N2O4/c1-26(2)23(27)17-29-21-12-7-9-19(15-21)24(28)25-16-18-8-6-13-22(14-18)30-20-10-4-3-5-11-20/h3-15H,16-17H2,1-2H3,(H,25,28). The number of para-hydroxylation sites is 1. The average molecular weight is 404 g/mol. The van der Waals surface area contributed by atoms with Crippen molar-refractivity contribution in [2.45, 2.75) is 6.54 Å². The summed E-state index contributed by atoms with van der Waals surface area (Å²) in [6, 6.07) is 23.8. The molecule has 2 amide bonds. The molecule has 3 aromatic carbocycles. The zero-order valence-electron chi connectivity index (χ0n) is 17.0. The molecule has 0 aliphatic carbocycles. The van der Waals surface area contributed by atoms with Crippen LogP contribution in [0.15, 0.2) is 78.9 Å². The molecular weight excluding hydrogens is 380 g/mol. The Labute approximate surface area is 176 Å². The minimum Gasteiger partial charge on any atom is -0.484 e. The number of carbonyl (C=O) groups is 2. The minimum absolute atomic E-state index is 0.0771. The maximum Gasteiger partial charge on any atom is 0.259 e. The van der Waals surface area contributed by atoms with E-state index < -0.39 is 0 Å². The first-order valence-corrected chi connectivity index (χ1v) is 9.54. The first-order chi connectivity index (χ1) is 14.5. The van der Waals surface area contributed by atoms with Gasteiger partial charge in [0.05, 0.1) is 0 Å². The van der Waals surface area contributed by atoms with Crippen molar-refractivity contribution in [2.75, 3.05) is 20.7 Å². The highest BCUT2D eigenvalue weighted by atomic mass is 16.5. The quantitative estimate of drug-likeness (QED) is 0.619. The minimum atomic E-state index is -0.228. The van der Waals surface area contributed by atoms with Gasteiger partial charge in [-0.25, -0.2) is 0 Å². The SMILES string of the molecule is CN(C)C(=O)COc1cccc(C(=O)NCc2cccc(Oc3ccccc3)c2)c1. The van der Waals surface area contributed by atoms with E-state index in [1.807, 2.05) is 54.6 Å². The van der Waals surface area contributed by atoms with E-state index in [1.165, 1.54) is 4.90 Å². The largest absolute Gasteiger partial charge is 0.484 e. The Bertz CT molecular complexity index is 1000. The number of ether oxygens (including phenoxy) is 2. The summed E-state index contributed by atoms with van der Waals surface area (Å²) in [4.78, 5) is 25.6. The van der Waals surface area contributed by atoms with E-state index in [0.717, 1.165) is 11.3 Å². The van der Waals surface area contributed by atoms with Gasteiger partial charge in [0, 0.05) is 26.2 Å². The molecule has 0 saturated heterocycles. The van der Waals surface area contributed by atoms with E-state index >= 15 is 0 Å². The van der Waals surface area contributed by atoms with Crippen LogP contribution in [0.1, 0.15) is 15.9 Å². The normalized spacial score (nSPS) is 10.2. The van der Waals surface area contributed by atoms with Crippen molar-refractivity contribution in [3.63, 3.8) is 0 Å². The lowest BCUT2D eigenvalue weighted by Crippen LogP contribution is -2.27. The van der Waals surface area contributed by atoms with Crippen LogP contribution in [0.5, 0.6) is 17.2 Å². The fraction of sp³-hybridized carbons (Fsp3) is 0.167. The van der Waals surface area contributed by atoms with Gasteiger partial charge in [-0.15, -0.1) is 0 Å². The third-order valence-electron chi connectivity index (χ3n) is 4.29. The van der Waals surface area contributed by atoms with Crippen molar-refractivity contribution < 1.29 is 19.1 Å². The van der Waals surface area contributed by atoms with Crippen LogP contribution in [0.25, 0.3) is 0 Å². The summed E-state index contributed by atoms with van der Waals surface area (Å²) in [5.74, 6) is 1.55. The molecule has 0 bridgehead atoms. The van der Waals surface area contributed by atoms with Gasteiger partial charge in [0.2, 0.25) is 0 Å². The van der Waals surface area contributed by atoms with Gasteiger partial charge in [-0.1, -0.05) is 36.4 Å². The number of hydrogen-bond acceptors (Lipinski definition) is 4. The van der Waals surface area contributed by atoms with Crippen LogP contribution in [-0.2, 0) is 11.3 Å². The van der Waals surface area contributed by atoms with Gasteiger partial charge in [0.25, 0.3) is 11.8 Å². The Morgan fingerprint density at radius 2 is 1.53 bits per heavy atom. The lowest BCUT2D eigenvalue weighted by molar-refractivity contribution is -0.130. The van der Waals surface area contributed by atoms with Crippen molar-refractivity contribution in [1.82, 2.24) is 10.2 Å². The van der Waals surface area contributed by atoms with Crippen LogP contribution in [-0.4, -0.2) is 37.4 Å². The molecule has 6 nitrogen and oxygen atoms in total. The second-order valence-corrected chi connectivity index (χ2v) is 6.85. The van der Waals surface area contributed by atoms with E-state index in [-0.39, 0.29) is 18.4 Å². The molecular formula is C24H24N2O4. The Kier molecular flexibility index (Phi) is 7.05.